The van der Waals surface area contributed by atoms with Crippen LogP contribution < -0.4 is 0 Å². The van der Waals surface area contributed by atoms with Crippen LogP contribution in [0.15, 0.2) is 24.5 Å². The van der Waals surface area contributed by atoms with Gasteiger partial charge in [-0.3, -0.25) is 13.8 Å². The molecule has 2 atom stereocenters. The number of nitrogens with zero attached hydrogens (tertiary/aromatic N) is 1. The minimum Gasteiger partial charge on any atom is -0.492 e. The summed E-state index contributed by atoms with van der Waals surface area (Å²) in [6, 6.07) is 0. The lowest BCUT2D eigenvalue weighted by molar-refractivity contribution is -0.870. The fourth-order valence-corrected chi connectivity index (χ4v) is 6.80. The van der Waals surface area contributed by atoms with E-state index in [2.05, 4.69) is 26.0 Å². The van der Waals surface area contributed by atoms with E-state index < -0.39 is 13.9 Å². The second-order valence-electron chi connectivity index (χ2n) is 16.1. The van der Waals surface area contributed by atoms with Gasteiger partial charge in [-0.15, -0.1) is 0 Å². The molecule has 0 amide bonds. The molecular formula is C44H87NO7P+. The third kappa shape index (κ3) is 41.8. The standard InChI is InChI=1S/C44H86NO7P/c1-6-8-10-12-14-16-18-20-22-24-26-28-30-32-34-36-39-49-43(42-52-53(47,48)51-40-38-45(3,4)5)41-50-44(46)37-35-33-31-29-27-25-23-21-19-17-15-13-11-9-7-2/h16,18,36,39,43H,6-15,17,19-35,37-38,40-42H2,1-5H3/p+1/b18-16-,39-36-. The van der Waals surface area contributed by atoms with Crippen LogP contribution in [0.25, 0.3) is 0 Å². The van der Waals surface area contributed by atoms with Crippen LogP contribution in [-0.2, 0) is 27.9 Å². The van der Waals surface area contributed by atoms with Gasteiger partial charge in [0, 0.05) is 6.42 Å². The molecule has 8 nitrogen and oxygen atoms in total. The lowest BCUT2D eigenvalue weighted by Gasteiger charge is -2.24. The molecule has 0 aliphatic rings. The zero-order valence-electron chi connectivity index (χ0n) is 35.5. The summed E-state index contributed by atoms with van der Waals surface area (Å²) in [6.07, 6.45) is 43.1. The summed E-state index contributed by atoms with van der Waals surface area (Å²) in [4.78, 5) is 22.7. The quantitative estimate of drug-likeness (QED) is 0.0165. The van der Waals surface area contributed by atoms with Gasteiger partial charge in [-0.05, 0) is 51.0 Å². The van der Waals surface area contributed by atoms with Crippen molar-refractivity contribution in [3.63, 3.8) is 0 Å². The van der Waals surface area contributed by atoms with E-state index in [0.717, 1.165) is 32.1 Å². The van der Waals surface area contributed by atoms with Gasteiger partial charge in [-0.1, -0.05) is 161 Å². The van der Waals surface area contributed by atoms with Gasteiger partial charge < -0.3 is 18.9 Å². The predicted molar refractivity (Wildman–Crippen MR) is 224 cm³/mol. The first-order valence-corrected chi connectivity index (χ1v) is 23.6. The first kappa shape index (κ1) is 51.8. The molecule has 0 bridgehead atoms. The Labute approximate surface area is 328 Å². The molecule has 0 aromatic carbocycles. The number of ether oxygens (including phenoxy) is 2. The molecule has 0 spiro atoms. The number of carbonyl (C=O) groups is 1. The summed E-state index contributed by atoms with van der Waals surface area (Å²) in [7, 11) is 1.68. The zero-order chi connectivity index (χ0) is 39.1. The van der Waals surface area contributed by atoms with Crippen LogP contribution in [0, 0.1) is 0 Å². The Morgan fingerprint density at radius 1 is 0.585 bits per heavy atom. The Balaban J connectivity index is 4.27. The van der Waals surface area contributed by atoms with Crippen molar-refractivity contribution in [1.82, 2.24) is 0 Å². The summed E-state index contributed by atoms with van der Waals surface area (Å²) in [5.74, 6) is -0.276. The van der Waals surface area contributed by atoms with E-state index in [1.54, 1.807) is 6.26 Å². The van der Waals surface area contributed by atoms with E-state index in [1.807, 2.05) is 27.2 Å². The Morgan fingerprint density at radius 3 is 1.47 bits per heavy atom. The third-order valence-corrected chi connectivity index (χ3v) is 10.6. The van der Waals surface area contributed by atoms with E-state index >= 15 is 0 Å². The molecule has 0 saturated carbocycles. The molecule has 314 valence electrons. The van der Waals surface area contributed by atoms with Crippen LogP contribution in [0.5, 0.6) is 0 Å². The molecule has 0 aromatic rings. The Kier molecular flexibility index (Phi) is 36.9. The number of carbonyl (C=O) groups excluding carboxylic acids is 1. The van der Waals surface area contributed by atoms with Gasteiger partial charge in [-0.2, -0.15) is 0 Å². The number of quaternary nitrogens is 1. The first-order valence-electron chi connectivity index (χ1n) is 22.1. The van der Waals surface area contributed by atoms with E-state index in [9.17, 15) is 14.3 Å². The molecule has 53 heavy (non-hydrogen) atoms. The minimum absolute atomic E-state index is 0.0468. The van der Waals surface area contributed by atoms with Crippen molar-refractivity contribution in [2.45, 2.75) is 206 Å². The lowest BCUT2D eigenvalue weighted by Crippen LogP contribution is -2.37. The summed E-state index contributed by atoms with van der Waals surface area (Å²) in [5.41, 5.74) is 0. The maximum absolute atomic E-state index is 12.5. The molecule has 1 N–H and O–H groups in total. The number of hydrogen-bond donors (Lipinski definition) is 1. The topological polar surface area (TPSA) is 91.3 Å². The molecule has 2 unspecified atom stereocenters. The first-order chi connectivity index (χ1) is 25.6. The van der Waals surface area contributed by atoms with Crippen molar-refractivity contribution in [3.8, 4) is 0 Å². The number of unbranched alkanes of at least 4 members (excludes halogenated alkanes) is 25. The van der Waals surface area contributed by atoms with Crippen molar-refractivity contribution in [3.05, 3.63) is 24.5 Å². The largest absolute Gasteiger partial charge is 0.492 e. The molecule has 9 heteroatoms. The second-order valence-corrected chi connectivity index (χ2v) is 17.6. The maximum atomic E-state index is 12.5. The molecule has 0 rings (SSSR count). The number of rotatable bonds is 41. The molecule has 0 aliphatic carbocycles. The highest BCUT2D eigenvalue weighted by Crippen LogP contribution is 2.43. The Hall–Kier alpha value is -1.18. The number of hydrogen-bond acceptors (Lipinski definition) is 6. The van der Waals surface area contributed by atoms with E-state index in [0.29, 0.717) is 17.4 Å². The van der Waals surface area contributed by atoms with Gasteiger partial charge in [0.2, 0.25) is 0 Å². The van der Waals surface area contributed by atoms with Crippen molar-refractivity contribution >= 4 is 13.8 Å². The van der Waals surface area contributed by atoms with Crippen LogP contribution in [0.2, 0.25) is 0 Å². The third-order valence-electron chi connectivity index (χ3n) is 9.60. The summed E-state index contributed by atoms with van der Waals surface area (Å²) >= 11 is 0. The highest BCUT2D eigenvalue weighted by molar-refractivity contribution is 7.47. The normalized spacial score (nSPS) is 13.9. The highest BCUT2D eigenvalue weighted by atomic mass is 31.2. The summed E-state index contributed by atoms with van der Waals surface area (Å²) in [6.45, 7) is 4.91. The molecule has 0 heterocycles. The molecule has 0 aromatic heterocycles. The van der Waals surface area contributed by atoms with Gasteiger partial charge >= 0.3 is 13.8 Å². The number of likely N-dealkylation sites (N-methyl/N-ethyl adjacent to an activating group) is 1. The maximum Gasteiger partial charge on any atom is 0.472 e. The van der Waals surface area contributed by atoms with Crippen LogP contribution in [0.4, 0.5) is 0 Å². The Morgan fingerprint density at radius 2 is 1.00 bits per heavy atom. The fourth-order valence-electron chi connectivity index (χ4n) is 6.06. The second kappa shape index (κ2) is 37.7. The SMILES string of the molecule is CCCCCC/C=C\CCCCCCCC/C=C\OC(COC(=O)CCCCCCCCCCCCCCCCC)COP(=O)(O)OCC[N+](C)(C)C. The number of phosphoric ester groups is 1. The highest BCUT2D eigenvalue weighted by Gasteiger charge is 2.25. The van der Waals surface area contributed by atoms with Gasteiger partial charge in [0.15, 0.2) is 6.10 Å². The lowest BCUT2D eigenvalue weighted by atomic mass is 10.0. The average Bonchev–Trinajstić information content (AvgIpc) is 3.11. The number of esters is 1. The van der Waals surface area contributed by atoms with E-state index in [-0.39, 0.29) is 25.8 Å². The van der Waals surface area contributed by atoms with Gasteiger partial charge in [0.05, 0.1) is 34.0 Å². The van der Waals surface area contributed by atoms with E-state index in [4.69, 9.17) is 18.5 Å². The Bertz CT molecular complexity index is 905. The van der Waals surface area contributed by atoms with Crippen LogP contribution in [-0.4, -0.2) is 69.0 Å². The molecule has 0 saturated heterocycles. The zero-order valence-corrected chi connectivity index (χ0v) is 36.4. The number of phosphoric acid groups is 1. The average molecular weight is 773 g/mol. The summed E-state index contributed by atoms with van der Waals surface area (Å²) < 4.78 is 34.8. The fraction of sp³-hybridized carbons (Fsp3) is 0.886. The van der Waals surface area contributed by atoms with Gasteiger partial charge in [0.25, 0.3) is 0 Å². The molecule has 0 fully saturated rings. The van der Waals surface area contributed by atoms with Crippen molar-refractivity contribution < 1.29 is 37.3 Å². The van der Waals surface area contributed by atoms with Crippen LogP contribution >= 0.6 is 7.82 Å². The number of allylic oxidation sites excluding steroid dienone is 3. The monoisotopic (exact) mass is 773 g/mol. The predicted octanol–water partition coefficient (Wildman–Crippen LogP) is 13.2. The molecule has 0 radical (unpaired) electrons. The van der Waals surface area contributed by atoms with E-state index in [1.165, 1.54) is 148 Å². The van der Waals surface area contributed by atoms with Crippen molar-refractivity contribution in [1.29, 1.82) is 0 Å². The van der Waals surface area contributed by atoms with Crippen LogP contribution in [0.3, 0.4) is 0 Å². The van der Waals surface area contributed by atoms with Gasteiger partial charge in [-0.25, -0.2) is 4.57 Å². The molecular weight excluding hydrogens is 685 g/mol. The summed E-state index contributed by atoms with van der Waals surface area (Å²) in [5, 5.41) is 0. The van der Waals surface area contributed by atoms with Crippen molar-refractivity contribution in [2.75, 3.05) is 47.5 Å². The van der Waals surface area contributed by atoms with Crippen LogP contribution in [0.1, 0.15) is 200 Å². The van der Waals surface area contributed by atoms with Crippen molar-refractivity contribution in [2.24, 2.45) is 0 Å². The smallest absolute Gasteiger partial charge is 0.472 e. The molecule has 0 aliphatic heterocycles. The van der Waals surface area contributed by atoms with Gasteiger partial charge in [0.1, 0.15) is 19.8 Å². The minimum atomic E-state index is -4.26.